The number of carbonyl (C=O) groups is 2. The molecule has 3 amide bonds. The number of benzene rings is 1. The van der Waals surface area contributed by atoms with Crippen molar-refractivity contribution in [3.63, 3.8) is 0 Å². The van der Waals surface area contributed by atoms with Crippen LogP contribution in [0, 0.1) is 0 Å². The van der Waals surface area contributed by atoms with Crippen LogP contribution in [-0.4, -0.2) is 29.7 Å². The van der Waals surface area contributed by atoms with Crippen LogP contribution in [0.5, 0.6) is 5.75 Å². The minimum atomic E-state index is -0.781. The van der Waals surface area contributed by atoms with Gasteiger partial charge in [0.15, 0.2) is 6.10 Å². The normalized spacial score (nSPS) is 17.8. The first-order chi connectivity index (χ1) is 10.0. The summed E-state index contributed by atoms with van der Waals surface area (Å²) in [6, 6.07) is 4.84. The number of aliphatic hydroxyl groups excluding tert-OH is 1. The average molecular weight is 292 g/mol. The van der Waals surface area contributed by atoms with Crippen LogP contribution in [0.15, 0.2) is 18.2 Å². The smallest absolute Gasteiger partial charge is 0.321 e. The van der Waals surface area contributed by atoms with Crippen molar-refractivity contribution in [1.82, 2.24) is 10.6 Å². The highest BCUT2D eigenvalue weighted by Crippen LogP contribution is 2.33. The summed E-state index contributed by atoms with van der Waals surface area (Å²) in [7, 11) is 0. The highest BCUT2D eigenvalue weighted by Gasteiger charge is 2.22. The molecule has 1 aliphatic rings. The van der Waals surface area contributed by atoms with Crippen LogP contribution in [0.3, 0.4) is 0 Å². The van der Waals surface area contributed by atoms with Crippen molar-refractivity contribution in [2.75, 3.05) is 6.54 Å². The van der Waals surface area contributed by atoms with Gasteiger partial charge in [-0.1, -0.05) is 6.07 Å². The largest absolute Gasteiger partial charge is 0.481 e. The molecule has 0 aliphatic heterocycles. The van der Waals surface area contributed by atoms with E-state index < -0.39 is 24.1 Å². The maximum absolute atomic E-state index is 11.8. The third-order valence-corrected chi connectivity index (χ3v) is 3.42. The standard InChI is InChI=1S/C15H20N2O4/c1-3-16-15(20)17-14(19)9(2)21-11-5-6-12-10(8-11)4-7-13(12)18/h5-6,8-9,13,18H,3-4,7H2,1-2H3,(H2,16,17,19,20)/t9?,13-/m1/s1. The first kappa shape index (κ1) is 15.3. The van der Waals surface area contributed by atoms with E-state index in [-0.39, 0.29) is 0 Å². The van der Waals surface area contributed by atoms with Gasteiger partial charge in [-0.15, -0.1) is 0 Å². The summed E-state index contributed by atoms with van der Waals surface area (Å²) in [4.78, 5) is 23.1. The molecule has 114 valence electrons. The van der Waals surface area contributed by atoms with Gasteiger partial charge in [0, 0.05) is 6.54 Å². The zero-order valence-electron chi connectivity index (χ0n) is 12.2. The van der Waals surface area contributed by atoms with Gasteiger partial charge in [-0.3, -0.25) is 10.1 Å². The van der Waals surface area contributed by atoms with Gasteiger partial charge in [0.05, 0.1) is 6.10 Å². The van der Waals surface area contributed by atoms with Crippen LogP contribution in [0.4, 0.5) is 4.79 Å². The first-order valence-electron chi connectivity index (χ1n) is 7.07. The molecule has 1 aromatic rings. The van der Waals surface area contributed by atoms with E-state index >= 15 is 0 Å². The lowest BCUT2D eigenvalue weighted by Gasteiger charge is -2.15. The number of nitrogens with one attached hydrogen (secondary N) is 2. The molecule has 0 spiro atoms. The molecule has 6 nitrogen and oxygen atoms in total. The summed E-state index contributed by atoms with van der Waals surface area (Å²) in [6.07, 6.45) is 0.323. The van der Waals surface area contributed by atoms with Gasteiger partial charge >= 0.3 is 6.03 Å². The van der Waals surface area contributed by atoms with Gasteiger partial charge in [-0.25, -0.2) is 4.79 Å². The Morgan fingerprint density at radius 2 is 2.24 bits per heavy atom. The van der Waals surface area contributed by atoms with E-state index in [2.05, 4.69) is 10.6 Å². The van der Waals surface area contributed by atoms with Crippen LogP contribution in [0.1, 0.15) is 37.5 Å². The number of rotatable bonds is 4. The predicted molar refractivity (Wildman–Crippen MR) is 77.0 cm³/mol. The SMILES string of the molecule is CCNC(=O)NC(=O)C(C)Oc1ccc2c(c1)CC[C@H]2O. The van der Waals surface area contributed by atoms with Crippen molar-refractivity contribution in [3.05, 3.63) is 29.3 Å². The van der Waals surface area contributed by atoms with Gasteiger partial charge in [-0.05, 0) is 49.9 Å². The van der Waals surface area contributed by atoms with E-state index in [1.54, 1.807) is 19.9 Å². The second-order valence-corrected chi connectivity index (χ2v) is 5.02. The van der Waals surface area contributed by atoms with E-state index in [0.717, 1.165) is 17.5 Å². The Balaban J connectivity index is 1.95. The Morgan fingerprint density at radius 3 is 2.95 bits per heavy atom. The molecule has 1 aliphatic carbocycles. The zero-order valence-corrected chi connectivity index (χ0v) is 12.2. The number of hydrogen-bond acceptors (Lipinski definition) is 4. The fourth-order valence-corrected chi connectivity index (χ4v) is 2.32. The van der Waals surface area contributed by atoms with Crippen molar-refractivity contribution in [1.29, 1.82) is 0 Å². The highest BCUT2D eigenvalue weighted by atomic mass is 16.5. The van der Waals surface area contributed by atoms with Crippen LogP contribution < -0.4 is 15.4 Å². The van der Waals surface area contributed by atoms with E-state index in [9.17, 15) is 14.7 Å². The monoisotopic (exact) mass is 292 g/mol. The van der Waals surface area contributed by atoms with Crippen molar-refractivity contribution in [2.45, 2.75) is 38.9 Å². The molecular formula is C15H20N2O4. The number of fused-ring (bicyclic) bond motifs is 1. The summed E-state index contributed by atoms with van der Waals surface area (Å²) >= 11 is 0. The molecule has 1 aromatic carbocycles. The molecule has 0 aromatic heterocycles. The van der Waals surface area contributed by atoms with Gasteiger partial charge in [-0.2, -0.15) is 0 Å². The van der Waals surface area contributed by atoms with Gasteiger partial charge in [0.25, 0.3) is 5.91 Å². The lowest BCUT2D eigenvalue weighted by molar-refractivity contribution is -0.126. The quantitative estimate of drug-likeness (QED) is 0.780. The van der Waals surface area contributed by atoms with Crippen LogP contribution in [-0.2, 0) is 11.2 Å². The van der Waals surface area contributed by atoms with Crippen molar-refractivity contribution < 1.29 is 19.4 Å². The average Bonchev–Trinajstić information content (AvgIpc) is 2.80. The van der Waals surface area contributed by atoms with E-state index in [1.807, 2.05) is 12.1 Å². The predicted octanol–water partition coefficient (Wildman–Crippen LogP) is 1.28. The number of hydrogen-bond donors (Lipinski definition) is 3. The Bertz CT molecular complexity index is 544. The Kier molecular flexibility index (Phi) is 4.80. The molecule has 3 N–H and O–H groups in total. The lowest BCUT2D eigenvalue weighted by atomic mass is 10.1. The molecule has 21 heavy (non-hydrogen) atoms. The maximum Gasteiger partial charge on any atom is 0.321 e. The fourth-order valence-electron chi connectivity index (χ4n) is 2.32. The lowest BCUT2D eigenvalue weighted by Crippen LogP contribution is -2.45. The third kappa shape index (κ3) is 3.72. The summed E-state index contributed by atoms with van der Waals surface area (Å²) in [6.45, 7) is 3.79. The van der Waals surface area contributed by atoms with E-state index in [1.165, 1.54) is 0 Å². The molecule has 0 fully saturated rings. The molecule has 6 heteroatoms. The van der Waals surface area contributed by atoms with Crippen LogP contribution >= 0.6 is 0 Å². The van der Waals surface area contributed by atoms with Gasteiger partial charge in [0.1, 0.15) is 5.75 Å². The number of carbonyl (C=O) groups excluding carboxylic acids is 2. The Labute approximate surface area is 123 Å². The van der Waals surface area contributed by atoms with Crippen LogP contribution in [0.25, 0.3) is 0 Å². The first-order valence-corrected chi connectivity index (χ1v) is 7.07. The molecule has 0 heterocycles. The van der Waals surface area contributed by atoms with Crippen molar-refractivity contribution >= 4 is 11.9 Å². The summed E-state index contributed by atoms with van der Waals surface area (Å²) < 4.78 is 5.54. The number of amides is 3. The highest BCUT2D eigenvalue weighted by molar-refractivity contribution is 5.96. The van der Waals surface area contributed by atoms with Crippen molar-refractivity contribution in [3.8, 4) is 5.75 Å². The third-order valence-electron chi connectivity index (χ3n) is 3.42. The summed E-state index contributed by atoms with van der Waals surface area (Å²) in [5.41, 5.74) is 1.96. The fraction of sp³-hybridized carbons (Fsp3) is 0.467. The molecule has 1 unspecified atom stereocenters. The Hall–Kier alpha value is -2.08. The maximum atomic E-state index is 11.8. The second kappa shape index (κ2) is 6.58. The molecule has 0 radical (unpaired) electrons. The number of aryl methyl sites for hydroxylation is 1. The molecule has 0 saturated carbocycles. The number of urea groups is 1. The molecule has 0 saturated heterocycles. The number of ether oxygens (including phenoxy) is 1. The van der Waals surface area contributed by atoms with Crippen LogP contribution in [0.2, 0.25) is 0 Å². The van der Waals surface area contributed by atoms with Crippen molar-refractivity contribution in [2.24, 2.45) is 0 Å². The van der Waals surface area contributed by atoms with E-state index in [0.29, 0.717) is 18.7 Å². The summed E-state index contributed by atoms with van der Waals surface area (Å²) in [5, 5.41) is 14.4. The molecule has 2 atom stereocenters. The summed E-state index contributed by atoms with van der Waals surface area (Å²) in [5.74, 6) is 0.0582. The zero-order chi connectivity index (χ0) is 15.4. The van der Waals surface area contributed by atoms with Gasteiger partial charge in [0.2, 0.25) is 0 Å². The Morgan fingerprint density at radius 1 is 1.48 bits per heavy atom. The number of imide groups is 1. The molecule has 0 bridgehead atoms. The molecular weight excluding hydrogens is 272 g/mol. The topological polar surface area (TPSA) is 87.7 Å². The van der Waals surface area contributed by atoms with E-state index in [4.69, 9.17) is 4.74 Å². The van der Waals surface area contributed by atoms with Gasteiger partial charge < -0.3 is 15.2 Å². The second-order valence-electron chi connectivity index (χ2n) is 5.02. The minimum Gasteiger partial charge on any atom is -0.481 e. The minimum absolute atomic E-state index is 0.410. The molecule has 2 rings (SSSR count). The number of aliphatic hydroxyl groups is 1.